The normalized spacial score (nSPS) is 10.7. The molecule has 0 radical (unpaired) electrons. The van der Waals surface area contributed by atoms with E-state index in [1.165, 1.54) is 0 Å². The van der Waals surface area contributed by atoms with Crippen molar-refractivity contribution in [2.24, 2.45) is 4.99 Å². The van der Waals surface area contributed by atoms with Gasteiger partial charge in [-0.25, -0.2) is 0 Å². The second-order valence-electron chi connectivity index (χ2n) is 1.63. The second kappa shape index (κ2) is 3.59. The lowest BCUT2D eigenvalue weighted by Gasteiger charge is -1.88. The first-order valence-electron chi connectivity index (χ1n) is 2.41. The quantitative estimate of drug-likeness (QED) is 0.464. The van der Waals surface area contributed by atoms with Crippen LogP contribution in [0, 0.1) is 0 Å². The zero-order valence-electron chi connectivity index (χ0n) is 4.89. The van der Waals surface area contributed by atoms with Crippen molar-refractivity contribution < 1.29 is 0 Å². The smallest absolute Gasteiger partial charge is 0.0443 e. The molecule has 0 aliphatic rings. The standard InChI is InChI=1S/C6H11N/c1-4-5-7-6(2)3/h4-6H,1H2,2-3H3/b7-5-. The van der Waals surface area contributed by atoms with Crippen LogP contribution in [0.4, 0.5) is 0 Å². The van der Waals surface area contributed by atoms with Gasteiger partial charge in [0.25, 0.3) is 0 Å². The Hall–Kier alpha value is -0.590. The van der Waals surface area contributed by atoms with Crippen LogP contribution in [0.2, 0.25) is 0 Å². The Balaban J connectivity index is 3.25. The summed E-state index contributed by atoms with van der Waals surface area (Å²) in [6.07, 6.45) is 3.39. The van der Waals surface area contributed by atoms with Gasteiger partial charge < -0.3 is 0 Å². The highest BCUT2D eigenvalue weighted by Crippen LogP contribution is 1.81. The first-order chi connectivity index (χ1) is 3.27. The van der Waals surface area contributed by atoms with Crippen molar-refractivity contribution in [3.63, 3.8) is 0 Å². The molecule has 1 heteroatoms. The van der Waals surface area contributed by atoms with Crippen molar-refractivity contribution in [2.45, 2.75) is 19.9 Å². The van der Waals surface area contributed by atoms with Crippen molar-refractivity contribution in [1.82, 2.24) is 0 Å². The van der Waals surface area contributed by atoms with Crippen molar-refractivity contribution >= 4 is 6.21 Å². The number of aliphatic imine (C=N–C) groups is 1. The molecule has 0 aromatic heterocycles. The van der Waals surface area contributed by atoms with E-state index in [1.54, 1.807) is 12.3 Å². The molecule has 0 bridgehead atoms. The summed E-state index contributed by atoms with van der Waals surface area (Å²) in [5.41, 5.74) is 0. The Kier molecular flexibility index (Phi) is 3.29. The third kappa shape index (κ3) is 5.41. The van der Waals surface area contributed by atoms with Gasteiger partial charge in [0, 0.05) is 12.3 Å². The molecule has 0 aliphatic heterocycles. The monoisotopic (exact) mass is 97.1 g/mol. The summed E-state index contributed by atoms with van der Waals surface area (Å²) in [5.74, 6) is 0. The zero-order chi connectivity index (χ0) is 5.70. The highest BCUT2D eigenvalue weighted by atomic mass is 14.7. The molecular formula is C6H11N. The molecule has 0 aliphatic carbocycles. The molecule has 0 unspecified atom stereocenters. The molecule has 0 amide bonds. The molecule has 0 fully saturated rings. The minimum absolute atomic E-state index is 0.401. The largest absolute Gasteiger partial charge is 0.290 e. The van der Waals surface area contributed by atoms with E-state index in [0.29, 0.717) is 6.04 Å². The summed E-state index contributed by atoms with van der Waals surface area (Å²) in [6.45, 7) is 7.54. The Bertz CT molecular complexity index is 72.2. The van der Waals surface area contributed by atoms with Crippen LogP contribution in [0.1, 0.15) is 13.8 Å². The lowest BCUT2D eigenvalue weighted by atomic mass is 10.4. The molecule has 0 spiro atoms. The fourth-order valence-corrected chi connectivity index (χ4v) is 0.233. The average Bonchev–Trinajstić information content (AvgIpc) is 1.61. The van der Waals surface area contributed by atoms with Gasteiger partial charge in [0.1, 0.15) is 0 Å². The molecule has 0 atom stereocenters. The molecule has 0 saturated carbocycles. The van der Waals surface area contributed by atoms with Crippen molar-refractivity contribution in [3.05, 3.63) is 12.7 Å². The third-order valence-corrected chi connectivity index (χ3v) is 0.490. The number of hydrogen-bond acceptors (Lipinski definition) is 1. The Morgan fingerprint density at radius 3 is 2.29 bits per heavy atom. The van der Waals surface area contributed by atoms with Gasteiger partial charge in [-0.05, 0) is 13.8 Å². The summed E-state index contributed by atoms with van der Waals surface area (Å²) in [7, 11) is 0. The molecule has 1 nitrogen and oxygen atoms in total. The fourth-order valence-electron chi connectivity index (χ4n) is 0.233. The molecule has 40 valence electrons. The average molecular weight is 97.2 g/mol. The van der Waals surface area contributed by atoms with Gasteiger partial charge in [0.2, 0.25) is 0 Å². The second-order valence-corrected chi connectivity index (χ2v) is 1.63. The summed E-state index contributed by atoms with van der Waals surface area (Å²) >= 11 is 0. The van der Waals surface area contributed by atoms with Crippen molar-refractivity contribution in [1.29, 1.82) is 0 Å². The van der Waals surface area contributed by atoms with E-state index in [0.717, 1.165) is 0 Å². The lowest BCUT2D eigenvalue weighted by molar-refractivity contribution is 0.842. The molecule has 0 aromatic carbocycles. The van der Waals surface area contributed by atoms with E-state index in [2.05, 4.69) is 11.6 Å². The van der Waals surface area contributed by atoms with Gasteiger partial charge in [-0.15, -0.1) is 0 Å². The molecule has 0 N–H and O–H groups in total. The highest BCUT2D eigenvalue weighted by molar-refractivity contribution is 5.70. The Morgan fingerprint density at radius 1 is 1.57 bits per heavy atom. The van der Waals surface area contributed by atoms with Crippen LogP contribution in [0.15, 0.2) is 17.6 Å². The van der Waals surface area contributed by atoms with E-state index in [1.807, 2.05) is 13.8 Å². The number of hydrogen-bond donors (Lipinski definition) is 0. The third-order valence-electron chi connectivity index (χ3n) is 0.490. The van der Waals surface area contributed by atoms with E-state index < -0.39 is 0 Å². The van der Waals surface area contributed by atoms with Crippen LogP contribution in [-0.2, 0) is 0 Å². The molecule has 0 aromatic rings. The Morgan fingerprint density at radius 2 is 2.14 bits per heavy atom. The van der Waals surface area contributed by atoms with Crippen molar-refractivity contribution in [3.8, 4) is 0 Å². The number of nitrogens with zero attached hydrogens (tertiary/aromatic N) is 1. The predicted octanol–water partition coefficient (Wildman–Crippen LogP) is 1.65. The van der Waals surface area contributed by atoms with Crippen LogP contribution in [0.3, 0.4) is 0 Å². The van der Waals surface area contributed by atoms with Crippen LogP contribution in [0.5, 0.6) is 0 Å². The van der Waals surface area contributed by atoms with E-state index in [4.69, 9.17) is 0 Å². The summed E-state index contributed by atoms with van der Waals surface area (Å²) in [4.78, 5) is 4.00. The van der Waals surface area contributed by atoms with Gasteiger partial charge in [-0.2, -0.15) is 0 Å². The van der Waals surface area contributed by atoms with Gasteiger partial charge in [0.15, 0.2) is 0 Å². The topological polar surface area (TPSA) is 12.4 Å². The predicted molar refractivity (Wildman–Crippen MR) is 33.8 cm³/mol. The maximum atomic E-state index is 4.00. The minimum Gasteiger partial charge on any atom is -0.290 e. The van der Waals surface area contributed by atoms with Crippen LogP contribution >= 0.6 is 0 Å². The zero-order valence-corrected chi connectivity index (χ0v) is 4.89. The van der Waals surface area contributed by atoms with Crippen molar-refractivity contribution in [2.75, 3.05) is 0 Å². The summed E-state index contributed by atoms with van der Waals surface area (Å²) in [6, 6.07) is 0.401. The SMILES string of the molecule is C=C/C=N\C(C)C. The summed E-state index contributed by atoms with van der Waals surface area (Å²) < 4.78 is 0. The van der Waals surface area contributed by atoms with Gasteiger partial charge in [-0.1, -0.05) is 12.7 Å². The van der Waals surface area contributed by atoms with Crippen LogP contribution < -0.4 is 0 Å². The molecule has 0 saturated heterocycles. The van der Waals surface area contributed by atoms with Gasteiger partial charge in [-0.3, -0.25) is 4.99 Å². The summed E-state index contributed by atoms with van der Waals surface area (Å²) in [5, 5.41) is 0. The maximum Gasteiger partial charge on any atom is 0.0443 e. The lowest BCUT2D eigenvalue weighted by Crippen LogP contribution is -1.85. The number of rotatable bonds is 2. The highest BCUT2D eigenvalue weighted by Gasteiger charge is 1.77. The van der Waals surface area contributed by atoms with Gasteiger partial charge >= 0.3 is 0 Å². The molecular weight excluding hydrogens is 86.1 g/mol. The first-order valence-corrected chi connectivity index (χ1v) is 2.41. The van der Waals surface area contributed by atoms with Gasteiger partial charge in [0.05, 0.1) is 0 Å². The molecule has 0 rings (SSSR count). The molecule has 0 heterocycles. The van der Waals surface area contributed by atoms with E-state index in [9.17, 15) is 0 Å². The van der Waals surface area contributed by atoms with E-state index >= 15 is 0 Å². The molecule has 7 heavy (non-hydrogen) atoms. The number of allylic oxidation sites excluding steroid dienone is 1. The van der Waals surface area contributed by atoms with Crippen LogP contribution in [-0.4, -0.2) is 12.3 Å². The minimum atomic E-state index is 0.401. The first kappa shape index (κ1) is 6.41. The van der Waals surface area contributed by atoms with E-state index in [-0.39, 0.29) is 0 Å². The fraction of sp³-hybridized carbons (Fsp3) is 0.500. The maximum absolute atomic E-state index is 4.00. The van der Waals surface area contributed by atoms with Crippen LogP contribution in [0.25, 0.3) is 0 Å². The Labute approximate surface area is 44.8 Å².